The zero-order valence-electron chi connectivity index (χ0n) is 11.8. The van der Waals surface area contributed by atoms with Crippen molar-refractivity contribution in [3.05, 3.63) is 35.1 Å². The van der Waals surface area contributed by atoms with Crippen molar-refractivity contribution >= 4 is 0 Å². The first-order chi connectivity index (χ1) is 9.60. The van der Waals surface area contributed by atoms with Gasteiger partial charge in [-0.15, -0.1) is 0 Å². The molecule has 2 nitrogen and oxygen atoms in total. The zero-order chi connectivity index (χ0) is 14.5. The lowest BCUT2D eigenvalue weighted by Gasteiger charge is -2.30. The maximum absolute atomic E-state index is 13.2. The minimum Gasteiger partial charge on any atom is -0.313 e. The summed E-state index contributed by atoms with van der Waals surface area (Å²) in [5.74, 6) is -3.63. The van der Waals surface area contributed by atoms with Crippen molar-refractivity contribution in [3.63, 3.8) is 0 Å². The van der Waals surface area contributed by atoms with Crippen molar-refractivity contribution in [1.82, 2.24) is 10.2 Å². The second kappa shape index (κ2) is 7.09. The zero-order valence-corrected chi connectivity index (χ0v) is 11.8. The van der Waals surface area contributed by atoms with E-state index in [1.807, 2.05) is 6.92 Å². The van der Waals surface area contributed by atoms with Crippen molar-refractivity contribution in [2.45, 2.75) is 38.8 Å². The summed E-state index contributed by atoms with van der Waals surface area (Å²) in [6, 6.07) is 2.59. The Morgan fingerprint density at radius 2 is 1.90 bits per heavy atom. The van der Waals surface area contributed by atoms with E-state index in [1.54, 1.807) is 0 Å². The van der Waals surface area contributed by atoms with Crippen LogP contribution in [0.5, 0.6) is 0 Å². The molecule has 0 spiro atoms. The van der Waals surface area contributed by atoms with Crippen LogP contribution < -0.4 is 5.32 Å². The number of hydrogen-bond acceptors (Lipinski definition) is 2. The topological polar surface area (TPSA) is 15.3 Å². The summed E-state index contributed by atoms with van der Waals surface area (Å²) in [6.07, 6.45) is 3.55. The fraction of sp³-hybridized carbons (Fsp3) is 0.600. The molecule has 0 amide bonds. The van der Waals surface area contributed by atoms with Gasteiger partial charge in [-0.3, -0.25) is 4.90 Å². The first kappa shape index (κ1) is 15.3. The van der Waals surface area contributed by atoms with Gasteiger partial charge in [-0.2, -0.15) is 0 Å². The number of piperidine rings is 1. The molecule has 1 aromatic carbocycles. The first-order valence-electron chi connectivity index (χ1n) is 7.19. The third-order valence-corrected chi connectivity index (χ3v) is 3.79. The Kier molecular flexibility index (Phi) is 5.43. The maximum atomic E-state index is 13.2. The Labute approximate surface area is 118 Å². The minimum atomic E-state index is -1.40. The van der Waals surface area contributed by atoms with Crippen LogP contribution in [0.3, 0.4) is 0 Å². The van der Waals surface area contributed by atoms with Crippen LogP contribution in [-0.2, 0) is 6.54 Å². The molecule has 2 rings (SSSR count). The number of rotatable bonds is 5. The summed E-state index contributed by atoms with van der Waals surface area (Å²) in [4.78, 5) is 2.12. The maximum Gasteiger partial charge on any atom is 0.194 e. The van der Waals surface area contributed by atoms with Crippen LogP contribution in [0.1, 0.15) is 31.7 Å². The number of nitrogens with one attached hydrogen (secondary N) is 1. The first-order valence-corrected chi connectivity index (χ1v) is 7.19. The molecular weight excluding hydrogens is 265 g/mol. The lowest BCUT2D eigenvalue weighted by molar-refractivity contribution is 0.225. The number of benzene rings is 1. The molecule has 1 saturated heterocycles. The quantitative estimate of drug-likeness (QED) is 0.837. The molecule has 1 atom stereocenters. The van der Waals surface area contributed by atoms with Gasteiger partial charge in [0, 0.05) is 19.1 Å². The molecule has 0 bridgehead atoms. The van der Waals surface area contributed by atoms with Crippen LogP contribution in [0.25, 0.3) is 0 Å². The molecule has 1 aromatic rings. The highest BCUT2D eigenvalue weighted by Crippen LogP contribution is 2.16. The highest BCUT2D eigenvalue weighted by atomic mass is 19.2. The molecule has 0 aliphatic carbocycles. The monoisotopic (exact) mass is 286 g/mol. The van der Waals surface area contributed by atoms with Gasteiger partial charge in [-0.25, -0.2) is 13.2 Å². The van der Waals surface area contributed by atoms with Gasteiger partial charge in [-0.1, -0.05) is 13.3 Å². The van der Waals surface area contributed by atoms with Gasteiger partial charge >= 0.3 is 0 Å². The molecule has 1 aliphatic heterocycles. The Hall–Kier alpha value is -1.07. The summed E-state index contributed by atoms with van der Waals surface area (Å²) in [5, 5.41) is 3.45. The second-order valence-corrected chi connectivity index (χ2v) is 5.35. The van der Waals surface area contributed by atoms with E-state index >= 15 is 0 Å². The van der Waals surface area contributed by atoms with Gasteiger partial charge in [0.25, 0.3) is 0 Å². The standard InChI is InChI=1S/C15H21F3N2/c1-2-20(10-12-5-3-4-6-19-12)9-11-7-13(16)15(18)14(17)8-11/h7-8,12,19H,2-6,9-10H2,1H3. The number of halogens is 3. The summed E-state index contributed by atoms with van der Waals surface area (Å²) >= 11 is 0. The molecule has 20 heavy (non-hydrogen) atoms. The third-order valence-electron chi connectivity index (χ3n) is 3.79. The predicted octanol–water partition coefficient (Wildman–Crippen LogP) is 3.07. The van der Waals surface area contributed by atoms with Crippen LogP contribution in [-0.4, -0.2) is 30.6 Å². The molecular formula is C15H21F3N2. The summed E-state index contributed by atoms with van der Waals surface area (Å²) in [6.45, 7) is 5.11. The molecule has 5 heteroatoms. The van der Waals surface area contributed by atoms with Gasteiger partial charge in [-0.05, 0) is 43.6 Å². The van der Waals surface area contributed by atoms with Crippen LogP contribution in [0, 0.1) is 17.5 Å². The second-order valence-electron chi connectivity index (χ2n) is 5.35. The van der Waals surface area contributed by atoms with Gasteiger partial charge < -0.3 is 5.32 Å². The van der Waals surface area contributed by atoms with E-state index in [2.05, 4.69) is 10.2 Å². The number of nitrogens with zero attached hydrogens (tertiary/aromatic N) is 1. The van der Waals surface area contributed by atoms with E-state index in [0.717, 1.165) is 38.2 Å². The Bertz CT molecular complexity index is 422. The van der Waals surface area contributed by atoms with E-state index in [1.165, 1.54) is 12.8 Å². The van der Waals surface area contributed by atoms with Gasteiger partial charge in [0.1, 0.15) is 0 Å². The van der Waals surface area contributed by atoms with E-state index < -0.39 is 17.5 Å². The van der Waals surface area contributed by atoms with E-state index in [0.29, 0.717) is 18.2 Å². The smallest absolute Gasteiger partial charge is 0.194 e. The fourth-order valence-corrected chi connectivity index (χ4v) is 2.65. The Morgan fingerprint density at radius 1 is 1.20 bits per heavy atom. The highest BCUT2D eigenvalue weighted by Gasteiger charge is 2.17. The number of likely N-dealkylation sites (N-methyl/N-ethyl adjacent to an activating group) is 1. The molecule has 1 unspecified atom stereocenters. The van der Waals surface area contributed by atoms with Gasteiger partial charge in [0.05, 0.1) is 0 Å². The lowest BCUT2D eigenvalue weighted by Crippen LogP contribution is -2.43. The number of hydrogen-bond donors (Lipinski definition) is 1. The normalized spacial score (nSPS) is 19.6. The van der Waals surface area contributed by atoms with Crippen LogP contribution >= 0.6 is 0 Å². The molecule has 0 aromatic heterocycles. The molecule has 0 saturated carbocycles. The Balaban J connectivity index is 1.98. The molecule has 0 radical (unpaired) electrons. The Morgan fingerprint density at radius 3 is 2.45 bits per heavy atom. The SMILES string of the molecule is CCN(Cc1cc(F)c(F)c(F)c1)CC1CCCCN1. The molecule has 1 fully saturated rings. The lowest BCUT2D eigenvalue weighted by atomic mass is 10.0. The van der Waals surface area contributed by atoms with Crippen molar-refractivity contribution in [3.8, 4) is 0 Å². The molecule has 1 heterocycles. The van der Waals surface area contributed by atoms with E-state index in [-0.39, 0.29) is 0 Å². The van der Waals surface area contributed by atoms with Crippen LogP contribution in [0.4, 0.5) is 13.2 Å². The van der Waals surface area contributed by atoms with E-state index in [9.17, 15) is 13.2 Å². The van der Waals surface area contributed by atoms with Crippen molar-refractivity contribution in [2.24, 2.45) is 0 Å². The van der Waals surface area contributed by atoms with Gasteiger partial charge in [0.2, 0.25) is 0 Å². The summed E-state index contributed by atoms with van der Waals surface area (Å²) in [7, 11) is 0. The summed E-state index contributed by atoms with van der Waals surface area (Å²) < 4.78 is 39.3. The largest absolute Gasteiger partial charge is 0.313 e. The van der Waals surface area contributed by atoms with Crippen molar-refractivity contribution < 1.29 is 13.2 Å². The fourth-order valence-electron chi connectivity index (χ4n) is 2.65. The summed E-state index contributed by atoms with van der Waals surface area (Å²) in [5.41, 5.74) is 0.471. The highest BCUT2D eigenvalue weighted by molar-refractivity contribution is 5.19. The molecule has 112 valence electrons. The minimum absolute atomic E-state index is 0.429. The average molecular weight is 286 g/mol. The van der Waals surface area contributed by atoms with Gasteiger partial charge in [0.15, 0.2) is 17.5 Å². The van der Waals surface area contributed by atoms with E-state index in [4.69, 9.17) is 0 Å². The van der Waals surface area contributed by atoms with Crippen LogP contribution in [0.15, 0.2) is 12.1 Å². The molecule has 1 aliphatic rings. The average Bonchev–Trinajstić information content (AvgIpc) is 2.45. The van der Waals surface area contributed by atoms with Crippen LogP contribution in [0.2, 0.25) is 0 Å². The predicted molar refractivity (Wildman–Crippen MR) is 72.9 cm³/mol. The van der Waals surface area contributed by atoms with Crippen molar-refractivity contribution in [2.75, 3.05) is 19.6 Å². The third kappa shape index (κ3) is 3.96. The molecule has 1 N–H and O–H groups in total. The van der Waals surface area contributed by atoms with Crippen molar-refractivity contribution in [1.29, 1.82) is 0 Å².